The Hall–Kier alpha value is -3.27. The average molecular weight is 367 g/mol. The molecule has 2 aromatic carbocycles. The van der Waals surface area contributed by atoms with E-state index in [1.807, 2.05) is 42.5 Å². The zero-order valence-electron chi connectivity index (χ0n) is 15.5. The Labute approximate surface area is 164 Å². The molecule has 0 saturated heterocycles. The summed E-state index contributed by atoms with van der Waals surface area (Å²) in [5.74, 6) is 0.619. The van der Waals surface area contributed by atoms with Crippen molar-refractivity contribution >= 4 is 11.6 Å². The van der Waals surface area contributed by atoms with Gasteiger partial charge < -0.3 is 4.74 Å². The highest BCUT2D eigenvalue weighted by molar-refractivity contribution is 6.01. The van der Waals surface area contributed by atoms with Crippen LogP contribution in [0.4, 0.5) is 0 Å². The monoisotopic (exact) mass is 367 g/mol. The standard InChI is InChI=1S/C24H21N3O/c1-3-8-17(9-4-1)19-14-15-21(25-19)20-12-7-13-22(26-20)24-27-23(16-28-24)18-10-5-2-6-11-18/h1-13,19,23H,14-16H2/t19-,23-/m0/s1. The van der Waals surface area contributed by atoms with E-state index >= 15 is 0 Å². The van der Waals surface area contributed by atoms with Crippen molar-refractivity contribution in [1.82, 2.24) is 4.98 Å². The molecule has 0 radical (unpaired) electrons. The van der Waals surface area contributed by atoms with Gasteiger partial charge in [-0.2, -0.15) is 0 Å². The number of nitrogens with zero attached hydrogens (tertiary/aromatic N) is 3. The van der Waals surface area contributed by atoms with Gasteiger partial charge in [0.1, 0.15) is 18.3 Å². The van der Waals surface area contributed by atoms with Crippen LogP contribution < -0.4 is 0 Å². The number of aromatic nitrogens is 1. The minimum atomic E-state index is 0.0351. The summed E-state index contributed by atoms with van der Waals surface area (Å²) < 4.78 is 5.86. The lowest BCUT2D eigenvalue weighted by Gasteiger charge is -2.05. The van der Waals surface area contributed by atoms with Crippen molar-refractivity contribution in [3.8, 4) is 0 Å². The molecule has 0 aliphatic carbocycles. The predicted molar refractivity (Wildman–Crippen MR) is 111 cm³/mol. The molecule has 3 heterocycles. The lowest BCUT2D eigenvalue weighted by Crippen LogP contribution is -2.08. The minimum absolute atomic E-state index is 0.0351. The van der Waals surface area contributed by atoms with E-state index in [-0.39, 0.29) is 12.1 Å². The van der Waals surface area contributed by atoms with Gasteiger partial charge in [-0.25, -0.2) is 9.98 Å². The Bertz CT molecular complexity index is 947. The van der Waals surface area contributed by atoms with Crippen LogP contribution in [0.25, 0.3) is 0 Å². The van der Waals surface area contributed by atoms with Crippen LogP contribution in [0.15, 0.2) is 88.8 Å². The van der Waals surface area contributed by atoms with Crippen LogP contribution in [0.2, 0.25) is 0 Å². The van der Waals surface area contributed by atoms with Crippen LogP contribution in [0.3, 0.4) is 0 Å². The second kappa shape index (κ2) is 7.39. The Balaban J connectivity index is 1.39. The molecule has 4 nitrogen and oxygen atoms in total. The number of ether oxygens (including phenoxy) is 1. The summed E-state index contributed by atoms with van der Waals surface area (Å²) in [5, 5.41) is 0. The molecule has 5 rings (SSSR count). The zero-order valence-corrected chi connectivity index (χ0v) is 15.5. The summed E-state index contributed by atoms with van der Waals surface area (Å²) in [5.41, 5.74) is 5.20. The van der Waals surface area contributed by atoms with Crippen LogP contribution in [0.1, 0.15) is 47.4 Å². The molecule has 2 aliphatic heterocycles. The van der Waals surface area contributed by atoms with Crippen molar-refractivity contribution in [3.63, 3.8) is 0 Å². The van der Waals surface area contributed by atoms with E-state index in [0.29, 0.717) is 12.5 Å². The normalized spacial score (nSPS) is 21.1. The van der Waals surface area contributed by atoms with Crippen LogP contribution in [0, 0.1) is 0 Å². The van der Waals surface area contributed by atoms with E-state index in [1.54, 1.807) is 0 Å². The van der Waals surface area contributed by atoms with E-state index in [9.17, 15) is 0 Å². The van der Waals surface area contributed by atoms with Crippen LogP contribution in [-0.2, 0) is 4.74 Å². The summed E-state index contributed by atoms with van der Waals surface area (Å²) in [6, 6.07) is 27.0. The van der Waals surface area contributed by atoms with Crippen molar-refractivity contribution in [2.75, 3.05) is 6.61 Å². The highest BCUT2D eigenvalue weighted by atomic mass is 16.5. The number of pyridine rings is 1. The fraction of sp³-hybridized carbons (Fsp3) is 0.208. The SMILES string of the molecule is c1ccc([C@@H]2CCC(c3cccc(C4=N[C@H](c5ccccc5)CO4)n3)=N2)cc1. The van der Waals surface area contributed by atoms with Crippen LogP contribution >= 0.6 is 0 Å². The summed E-state index contributed by atoms with van der Waals surface area (Å²) in [6.07, 6.45) is 1.97. The summed E-state index contributed by atoms with van der Waals surface area (Å²) in [4.78, 5) is 14.5. The van der Waals surface area contributed by atoms with E-state index in [1.165, 1.54) is 11.1 Å². The summed E-state index contributed by atoms with van der Waals surface area (Å²) in [7, 11) is 0. The summed E-state index contributed by atoms with van der Waals surface area (Å²) in [6.45, 7) is 0.558. The second-order valence-electron chi connectivity index (χ2n) is 7.12. The molecule has 0 fully saturated rings. The first kappa shape index (κ1) is 16.9. The third kappa shape index (κ3) is 3.33. The lowest BCUT2D eigenvalue weighted by atomic mass is 10.0. The maximum atomic E-state index is 5.86. The number of benzene rings is 2. The van der Waals surface area contributed by atoms with E-state index < -0.39 is 0 Å². The molecule has 28 heavy (non-hydrogen) atoms. The smallest absolute Gasteiger partial charge is 0.236 e. The molecule has 3 aromatic rings. The predicted octanol–water partition coefficient (Wildman–Crippen LogP) is 4.92. The van der Waals surface area contributed by atoms with Gasteiger partial charge in [-0.1, -0.05) is 66.7 Å². The Kier molecular flexibility index (Phi) is 4.45. The van der Waals surface area contributed by atoms with Crippen molar-refractivity contribution in [3.05, 3.63) is 101 Å². The van der Waals surface area contributed by atoms with E-state index in [4.69, 9.17) is 19.7 Å². The van der Waals surface area contributed by atoms with E-state index in [2.05, 4.69) is 36.4 Å². The van der Waals surface area contributed by atoms with Gasteiger partial charge in [-0.3, -0.25) is 4.99 Å². The number of aliphatic imine (C=N–C) groups is 2. The van der Waals surface area contributed by atoms with Crippen molar-refractivity contribution < 1.29 is 4.74 Å². The molecule has 4 heteroatoms. The van der Waals surface area contributed by atoms with Gasteiger partial charge in [-0.05, 0) is 36.1 Å². The van der Waals surface area contributed by atoms with Crippen LogP contribution in [0.5, 0.6) is 0 Å². The quantitative estimate of drug-likeness (QED) is 0.657. The molecule has 138 valence electrons. The van der Waals surface area contributed by atoms with Gasteiger partial charge >= 0.3 is 0 Å². The Morgan fingerprint density at radius 1 is 0.679 bits per heavy atom. The fourth-order valence-electron chi connectivity index (χ4n) is 3.78. The van der Waals surface area contributed by atoms with Crippen LogP contribution in [-0.4, -0.2) is 23.2 Å². The maximum absolute atomic E-state index is 5.86. The van der Waals surface area contributed by atoms with Gasteiger partial charge in [0, 0.05) is 0 Å². The third-order valence-electron chi connectivity index (χ3n) is 5.25. The highest BCUT2D eigenvalue weighted by Gasteiger charge is 2.24. The highest BCUT2D eigenvalue weighted by Crippen LogP contribution is 2.30. The van der Waals surface area contributed by atoms with Gasteiger partial charge in [0.2, 0.25) is 5.90 Å². The third-order valence-corrected chi connectivity index (χ3v) is 5.25. The molecule has 0 bridgehead atoms. The summed E-state index contributed by atoms with van der Waals surface area (Å²) >= 11 is 0. The number of rotatable bonds is 4. The van der Waals surface area contributed by atoms with Crippen molar-refractivity contribution in [2.24, 2.45) is 9.98 Å². The minimum Gasteiger partial charge on any atom is -0.474 e. The Morgan fingerprint density at radius 2 is 1.36 bits per heavy atom. The molecule has 2 atom stereocenters. The Morgan fingerprint density at radius 3 is 2.11 bits per heavy atom. The first-order valence-corrected chi connectivity index (χ1v) is 9.72. The molecular weight excluding hydrogens is 346 g/mol. The second-order valence-corrected chi connectivity index (χ2v) is 7.12. The molecule has 2 aliphatic rings. The van der Waals surface area contributed by atoms with E-state index in [0.717, 1.165) is 29.9 Å². The molecule has 1 aromatic heterocycles. The largest absolute Gasteiger partial charge is 0.474 e. The zero-order chi connectivity index (χ0) is 18.8. The van der Waals surface area contributed by atoms with Gasteiger partial charge in [0.15, 0.2) is 0 Å². The van der Waals surface area contributed by atoms with Gasteiger partial charge in [0.25, 0.3) is 0 Å². The van der Waals surface area contributed by atoms with Crippen molar-refractivity contribution in [1.29, 1.82) is 0 Å². The van der Waals surface area contributed by atoms with Crippen molar-refractivity contribution in [2.45, 2.75) is 24.9 Å². The van der Waals surface area contributed by atoms with Gasteiger partial charge in [-0.15, -0.1) is 0 Å². The molecule has 0 N–H and O–H groups in total. The molecular formula is C24H21N3O. The fourth-order valence-corrected chi connectivity index (χ4v) is 3.78. The molecule has 0 saturated carbocycles. The topological polar surface area (TPSA) is 46.8 Å². The average Bonchev–Trinajstić information content (AvgIpc) is 3.46. The molecule has 0 amide bonds. The maximum Gasteiger partial charge on any atom is 0.236 e. The lowest BCUT2D eigenvalue weighted by molar-refractivity contribution is 0.319. The number of hydrogen-bond acceptors (Lipinski definition) is 4. The first-order valence-electron chi connectivity index (χ1n) is 9.72. The van der Waals surface area contributed by atoms with Gasteiger partial charge in [0.05, 0.1) is 17.4 Å². The molecule has 0 unspecified atom stereocenters. The number of hydrogen-bond donors (Lipinski definition) is 0. The molecule has 0 spiro atoms. The first-order chi connectivity index (χ1) is 13.9.